The molecule has 1 aromatic heterocycles. The molecule has 0 bridgehead atoms. The zero-order valence-corrected chi connectivity index (χ0v) is 14.8. The molecule has 128 valence electrons. The average molecular weight is 327 g/mol. The molecule has 0 saturated carbocycles. The molecular formula is C18H25N5O. The summed E-state index contributed by atoms with van der Waals surface area (Å²) in [6.07, 6.45) is 0.971. The second-order valence-electron chi connectivity index (χ2n) is 5.79. The minimum atomic E-state index is -0.0627. The summed E-state index contributed by atoms with van der Waals surface area (Å²) in [6.45, 7) is 5.08. The van der Waals surface area contributed by atoms with Gasteiger partial charge in [-0.05, 0) is 31.0 Å². The zero-order chi connectivity index (χ0) is 17.5. The zero-order valence-electron chi connectivity index (χ0n) is 14.8. The molecule has 1 heterocycles. The van der Waals surface area contributed by atoms with Crippen molar-refractivity contribution in [3.63, 3.8) is 0 Å². The maximum Gasteiger partial charge on any atom is 0.251 e. The van der Waals surface area contributed by atoms with Crippen molar-refractivity contribution in [3.8, 4) is 0 Å². The van der Waals surface area contributed by atoms with Crippen molar-refractivity contribution in [2.24, 2.45) is 0 Å². The van der Waals surface area contributed by atoms with E-state index < -0.39 is 0 Å². The fraction of sp³-hybridized carbons (Fsp3) is 0.389. The molecule has 24 heavy (non-hydrogen) atoms. The fourth-order valence-electron chi connectivity index (χ4n) is 2.23. The Morgan fingerprint density at radius 2 is 1.83 bits per heavy atom. The molecule has 0 aliphatic rings. The quantitative estimate of drug-likeness (QED) is 0.763. The number of aromatic nitrogens is 2. The van der Waals surface area contributed by atoms with Gasteiger partial charge in [-0.1, -0.05) is 19.1 Å². The van der Waals surface area contributed by atoms with Crippen molar-refractivity contribution in [2.75, 3.05) is 37.4 Å². The summed E-state index contributed by atoms with van der Waals surface area (Å²) in [5.74, 6) is 2.26. The first-order valence-corrected chi connectivity index (χ1v) is 8.13. The lowest BCUT2D eigenvalue weighted by atomic mass is 10.1. The molecule has 0 fully saturated rings. The van der Waals surface area contributed by atoms with Crippen molar-refractivity contribution in [1.29, 1.82) is 0 Å². The molecule has 0 atom stereocenters. The van der Waals surface area contributed by atoms with Crippen LogP contribution in [0, 0.1) is 6.92 Å². The number of hydrogen-bond acceptors (Lipinski definition) is 5. The van der Waals surface area contributed by atoms with Crippen LogP contribution in [-0.4, -0.2) is 43.1 Å². The van der Waals surface area contributed by atoms with Gasteiger partial charge in [0, 0.05) is 38.8 Å². The number of nitrogens with one attached hydrogen (secondary N) is 2. The Bertz CT molecular complexity index is 682. The van der Waals surface area contributed by atoms with Crippen molar-refractivity contribution < 1.29 is 4.79 Å². The lowest BCUT2D eigenvalue weighted by Crippen LogP contribution is -2.29. The molecule has 0 saturated heterocycles. The molecule has 0 radical (unpaired) electrons. The highest BCUT2D eigenvalue weighted by molar-refractivity contribution is 5.94. The van der Waals surface area contributed by atoms with Gasteiger partial charge in [-0.2, -0.15) is 0 Å². The van der Waals surface area contributed by atoms with Gasteiger partial charge in [0.2, 0.25) is 0 Å². The molecule has 0 aliphatic carbocycles. The molecular weight excluding hydrogens is 302 g/mol. The highest BCUT2D eigenvalue weighted by Crippen LogP contribution is 2.12. The molecule has 2 rings (SSSR count). The van der Waals surface area contributed by atoms with Gasteiger partial charge in [-0.15, -0.1) is 0 Å². The van der Waals surface area contributed by atoms with Crippen molar-refractivity contribution in [1.82, 2.24) is 15.3 Å². The Morgan fingerprint density at radius 1 is 1.12 bits per heavy atom. The molecule has 0 aliphatic heterocycles. The van der Waals surface area contributed by atoms with Crippen molar-refractivity contribution in [3.05, 3.63) is 47.3 Å². The van der Waals surface area contributed by atoms with E-state index >= 15 is 0 Å². The number of anilines is 2. The van der Waals surface area contributed by atoms with Crippen LogP contribution in [0.1, 0.15) is 28.7 Å². The number of amides is 1. The van der Waals surface area contributed by atoms with Gasteiger partial charge in [-0.3, -0.25) is 4.79 Å². The van der Waals surface area contributed by atoms with Crippen LogP contribution in [0.2, 0.25) is 0 Å². The fourth-order valence-corrected chi connectivity index (χ4v) is 2.23. The molecule has 6 nitrogen and oxygen atoms in total. The number of hydrogen-bond donors (Lipinski definition) is 2. The number of benzene rings is 1. The Labute approximate surface area is 143 Å². The van der Waals surface area contributed by atoms with E-state index in [1.807, 2.05) is 56.3 Å². The van der Waals surface area contributed by atoms with E-state index in [0.717, 1.165) is 18.1 Å². The Kier molecular flexibility index (Phi) is 6.12. The van der Waals surface area contributed by atoms with Gasteiger partial charge in [0.25, 0.3) is 5.91 Å². The normalized spacial score (nSPS) is 10.3. The SMILES string of the molecule is CCc1ccc(C(=O)NCCNc2cc(N(C)C)nc(C)n2)cc1. The highest BCUT2D eigenvalue weighted by atomic mass is 16.1. The van der Waals surface area contributed by atoms with Crippen LogP contribution in [0.15, 0.2) is 30.3 Å². The third-order valence-corrected chi connectivity index (χ3v) is 3.62. The predicted octanol–water partition coefficient (Wildman–Crippen LogP) is 2.26. The summed E-state index contributed by atoms with van der Waals surface area (Å²) >= 11 is 0. The summed E-state index contributed by atoms with van der Waals surface area (Å²) in [6, 6.07) is 9.58. The second-order valence-corrected chi connectivity index (χ2v) is 5.79. The van der Waals surface area contributed by atoms with E-state index in [4.69, 9.17) is 0 Å². The smallest absolute Gasteiger partial charge is 0.251 e. The van der Waals surface area contributed by atoms with Crippen LogP contribution in [0.3, 0.4) is 0 Å². The lowest BCUT2D eigenvalue weighted by molar-refractivity contribution is 0.0955. The minimum Gasteiger partial charge on any atom is -0.368 e. The van der Waals surface area contributed by atoms with E-state index in [0.29, 0.717) is 24.5 Å². The van der Waals surface area contributed by atoms with Crippen LogP contribution in [0.5, 0.6) is 0 Å². The molecule has 1 aromatic carbocycles. The summed E-state index contributed by atoms with van der Waals surface area (Å²) in [5, 5.41) is 6.12. The minimum absolute atomic E-state index is 0.0627. The molecule has 1 amide bonds. The van der Waals surface area contributed by atoms with Gasteiger partial charge in [0.15, 0.2) is 0 Å². The van der Waals surface area contributed by atoms with Gasteiger partial charge >= 0.3 is 0 Å². The number of carbonyl (C=O) groups excluding carboxylic acids is 1. The molecule has 2 N–H and O–H groups in total. The van der Waals surface area contributed by atoms with Crippen LogP contribution < -0.4 is 15.5 Å². The van der Waals surface area contributed by atoms with Crippen LogP contribution >= 0.6 is 0 Å². The van der Waals surface area contributed by atoms with E-state index in [1.54, 1.807) is 0 Å². The average Bonchev–Trinajstić information content (AvgIpc) is 2.58. The standard InChI is InChI=1S/C18H25N5O/c1-5-14-6-8-15(9-7-14)18(24)20-11-10-19-16-12-17(23(3)4)22-13(2)21-16/h6-9,12H,5,10-11H2,1-4H3,(H,20,24)(H,19,21,22). The second kappa shape index (κ2) is 8.29. The van der Waals surface area contributed by atoms with E-state index in [-0.39, 0.29) is 5.91 Å². The van der Waals surface area contributed by atoms with E-state index in [9.17, 15) is 4.79 Å². The largest absolute Gasteiger partial charge is 0.368 e. The maximum atomic E-state index is 12.1. The molecule has 0 unspecified atom stereocenters. The van der Waals surface area contributed by atoms with E-state index in [1.165, 1.54) is 5.56 Å². The Morgan fingerprint density at radius 3 is 2.46 bits per heavy atom. The van der Waals surface area contributed by atoms with E-state index in [2.05, 4.69) is 27.5 Å². The van der Waals surface area contributed by atoms with Crippen LogP contribution in [0.4, 0.5) is 11.6 Å². The summed E-state index contributed by atoms with van der Waals surface area (Å²) in [4.78, 5) is 22.7. The van der Waals surface area contributed by atoms with Crippen molar-refractivity contribution >= 4 is 17.5 Å². The molecule has 0 spiro atoms. The third-order valence-electron chi connectivity index (χ3n) is 3.62. The number of rotatable bonds is 7. The van der Waals surface area contributed by atoms with Gasteiger partial charge in [0.1, 0.15) is 17.5 Å². The highest BCUT2D eigenvalue weighted by Gasteiger charge is 2.05. The third kappa shape index (κ3) is 4.94. The number of aryl methyl sites for hydroxylation is 2. The topological polar surface area (TPSA) is 70.2 Å². The van der Waals surface area contributed by atoms with Crippen molar-refractivity contribution in [2.45, 2.75) is 20.3 Å². The Balaban J connectivity index is 1.83. The Hall–Kier alpha value is -2.63. The van der Waals surface area contributed by atoms with Gasteiger partial charge in [-0.25, -0.2) is 9.97 Å². The monoisotopic (exact) mass is 327 g/mol. The van der Waals surface area contributed by atoms with Gasteiger partial charge in [0.05, 0.1) is 0 Å². The first-order chi connectivity index (χ1) is 11.5. The number of nitrogens with zero attached hydrogens (tertiary/aromatic N) is 3. The van der Waals surface area contributed by atoms with Crippen LogP contribution in [0.25, 0.3) is 0 Å². The van der Waals surface area contributed by atoms with Gasteiger partial charge < -0.3 is 15.5 Å². The maximum absolute atomic E-state index is 12.1. The summed E-state index contributed by atoms with van der Waals surface area (Å²) < 4.78 is 0. The predicted molar refractivity (Wildman–Crippen MR) is 97.7 cm³/mol. The summed E-state index contributed by atoms with van der Waals surface area (Å²) in [7, 11) is 3.88. The first-order valence-electron chi connectivity index (χ1n) is 8.13. The van der Waals surface area contributed by atoms with Crippen LogP contribution in [-0.2, 0) is 6.42 Å². The molecule has 6 heteroatoms. The number of carbonyl (C=O) groups is 1. The molecule has 2 aromatic rings. The lowest BCUT2D eigenvalue weighted by Gasteiger charge is -2.14. The summed E-state index contributed by atoms with van der Waals surface area (Å²) in [5.41, 5.74) is 1.91. The first kappa shape index (κ1) is 17.7.